The van der Waals surface area contributed by atoms with Gasteiger partial charge < -0.3 is 14.6 Å². The average molecular weight is 444 g/mol. The third-order valence-corrected chi connectivity index (χ3v) is 5.75. The van der Waals surface area contributed by atoms with Crippen LogP contribution in [-0.2, 0) is 16.2 Å². The Morgan fingerprint density at radius 2 is 1.97 bits per heavy atom. The largest absolute Gasteiger partial charge is 0.493 e. The summed E-state index contributed by atoms with van der Waals surface area (Å²) in [5, 5.41) is 8.77. The first-order chi connectivity index (χ1) is 14.5. The van der Waals surface area contributed by atoms with E-state index in [0.29, 0.717) is 40.3 Å². The summed E-state index contributed by atoms with van der Waals surface area (Å²) in [5.74, 6) is 0.0766. The number of ether oxygens (including phenoxy) is 2. The zero-order chi connectivity index (χ0) is 21.5. The lowest BCUT2D eigenvalue weighted by molar-refractivity contribution is -0.137. The fourth-order valence-corrected chi connectivity index (χ4v) is 4.17. The third-order valence-electron chi connectivity index (χ3n) is 4.37. The van der Waals surface area contributed by atoms with E-state index < -0.39 is 5.97 Å². The molecule has 30 heavy (non-hydrogen) atoms. The van der Waals surface area contributed by atoms with Crippen LogP contribution in [0.1, 0.15) is 24.0 Å². The molecule has 2 aromatic rings. The van der Waals surface area contributed by atoms with Gasteiger partial charge in [-0.25, -0.2) is 0 Å². The molecule has 0 aliphatic carbocycles. The normalized spacial score (nSPS) is 15.0. The molecule has 0 aromatic heterocycles. The van der Waals surface area contributed by atoms with Crippen LogP contribution >= 0.6 is 24.0 Å². The van der Waals surface area contributed by atoms with Crippen molar-refractivity contribution >= 4 is 46.3 Å². The first-order valence-electron chi connectivity index (χ1n) is 9.30. The molecule has 1 aliphatic rings. The maximum atomic E-state index is 12.6. The highest BCUT2D eigenvalue weighted by Gasteiger charge is 2.31. The van der Waals surface area contributed by atoms with Gasteiger partial charge in [0.05, 0.1) is 12.0 Å². The van der Waals surface area contributed by atoms with E-state index in [-0.39, 0.29) is 12.3 Å². The van der Waals surface area contributed by atoms with Crippen LogP contribution in [0.3, 0.4) is 0 Å². The van der Waals surface area contributed by atoms with Gasteiger partial charge in [-0.3, -0.25) is 14.5 Å². The van der Waals surface area contributed by atoms with E-state index in [1.54, 1.807) is 25.3 Å². The number of hydrogen-bond acceptors (Lipinski definition) is 6. The van der Waals surface area contributed by atoms with Gasteiger partial charge >= 0.3 is 5.97 Å². The Balaban J connectivity index is 1.69. The van der Waals surface area contributed by atoms with Gasteiger partial charge in [0.15, 0.2) is 11.5 Å². The van der Waals surface area contributed by atoms with Gasteiger partial charge in [-0.1, -0.05) is 60.4 Å². The molecule has 8 heteroatoms. The van der Waals surface area contributed by atoms with E-state index in [4.69, 9.17) is 26.8 Å². The number of rotatable bonds is 9. The van der Waals surface area contributed by atoms with E-state index in [1.807, 2.05) is 36.4 Å². The highest BCUT2D eigenvalue weighted by atomic mass is 32.2. The highest BCUT2D eigenvalue weighted by Crippen LogP contribution is 2.35. The number of aliphatic carboxylic acids is 1. The number of thiocarbonyl (C=S) groups is 1. The minimum absolute atomic E-state index is 0.00223. The number of thioether (sulfide) groups is 1. The molecular formula is C22H21NO5S2. The number of hydrogen-bond donors (Lipinski definition) is 1. The van der Waals surface area contributed by atoms with Crippen molar-refractivity contribution in [3.63, 3.8) is 0 Å². The number of nitrogens with zero attached hydrogens (tertiary/aromatic N) is 1. The van der Waals surface area contributed by atoms with Crippen molar-refractivity contribution < 1.29 is 24.2 Å². The van der Waals surface area contributed by atoms with Crippen molar-refractivity contribution in [1.29, 1.82) is 0 Å². The number of methoxy groups -OCH3 is 1. The van der Waals surface area contributed by atoms with Crippen LogP contribution in [-0.4, -0.2) is 39.9 Å². The number of carboxylic acids is 1. The van der Waals surface area contributed by atoms with Gasteiger partial charge in [-0.2, -0.15) is 0 Å². The summed E-state index contributed by atoms with van der Waals surface area (Å²) in [4.78, 5) is 25.2. The van der Waals surface area contributed by atoms with Gasteiger partial charge in [0.25, 0.3) is 5.91 Å². The van der Waals surface area contributed by atoms with Gasteiger partial charge in [0.2, 0.25) is 0 Å². The molecule has 0 bridgehead atoms. The molecule has 156 valence electrons. The van der Waals surface area contributed by atoms with Gasteiger partial charge in [0.1, 0.15) is 10.9 Å². The molecule has 1 N–H and O–H groups in total. The van der Waals surface area contributed by atoms with E-state index in [9.17, 15) is 9.59 Å². The lowest BCUT2D eigenvalue weighted by Crippen LogP contribution is -2.29. The van der Waals surface area contributed by atoms with Crippen LogP contribution < -0.4 is 9.47 Å². The second kappa shape index (κ2) is 10.3. The number of amides is 1. The monoisotopic (exact) mass is 443 g/mol. The molecule has 0 spiro atoms. The summed E-state index contributed by atoms with van der Waals surface area (Å²) >= 11 is 6.49. The van der Waals surface area contributed by atoms with Crippen molar-refractivity contribution in [2.75, 3.05) is 13.7 Å². The fourth-order valence-electron chi connectivity index (χ4n) is 2.86. The predicted molar refractivity (Wildman–Crippen MR) is 121 cm³/mol. The molecule has 0 unspecified atom stereocenters. The smallest absolute Gasteiger partial charge is 0.303 e. The minimum Gasteiger partial charge on any atom is -0.493 e. The van der Waals surface area contributed by atoms with Crippen LogP contribution in [0.4, 0.5) is 0 Å². The molecule has 1 saturated heterocycles. The quantitative estimate of drug-likeness (QED) is 0.456. The number of carbonyl (C=O) groups is 2. The van der Waals surface area contributed by atoms with Crippen LogP contribution in [0.15, 0.2) is 53.4 Å². The maximum absolute atomic E-state index is 12.6. The second-order valence-electron chi connectivity index (χ2n) is 6.52. The molecule has 2 aromatic carbocycles. The van der Waals surface area contributed by atoms with Crippen molar-refractivity contribution in [1.82, 2.24) is 4.90 Å². The van der Waals surface area contributed by atoms with Crippen molar-refractivity contribution in [2.45, 2.75) is 19.4 Å². The van der Waals surface area contributed by atoms with Crippen LogP contribution in [0.5, 0.6) is 11.5 Å². The zero-order valence-electron chi connectivity index (χ0n) is 16.4. The van der Waals surface area contributed by atoms with Crippen LogP contribution in [0.25, 0.3) is 6.08 Å². The molecule has 0 atom stereocenters. The molecule has 1 fully saturated rings. The first kappa shape index (κ1) is 21.9. The van der Waals surface area contributed by atoms with Crippen molar-refractivity contribution in [3.8, 4) is 11.5 Å². The average Bonchev–Trinajstić information content (AvgIpc) is 3.00. The Bertz CT molecular complexity index is 975. The molecule has 1 amide bonds. The zero-order valence-corrected chi connectivity index (χ0v) is 18.0. The first-order valence-corrected chi connectivity index (χ1v) is 10.5. The Morgan fingerprint density at radius 3 is 2.67 bits per heavy atom. The van der Waals surface area contributed by atoms with E-state index in [1.165, 1.54) is 16.7 Å². The van der Waals surface area contributed by atoms with E-state index >= 15 is 0 Å². The Kier molecular flexibility index (Phi) is 7.48. The molecular weight excluding hydrogens is 422 g/mol. The third kappa shape index (κ3) is 5.61. The molecule has 6 nitrogen and oxygen atoms in total. The minimum atomic E-state index is -0.891. The standard InChI is InChI=1S/C22H21NO5S2/c1-27-18-12-16(9-10-17(18)28-14-15-6-3-2-4-7-15)13-19-21(26)23(22(29)30-19)11-5-8-20(24)25/h2-4,6-7,9-10,12-13H,5,8,11,14H2,1H3,(H,24,25)/b19-13-. The highest BCUT2D eigenvalue weighted by molar-refractivity contribution is 8.26. The SMILES string of the molecule is COc1cc(/C=C2\SC(=S)N(CCCC(=O)O)C2=O)ccc1OCc1ccccc1. The summed E-state index contributed by atoms with van der Waals surface area (Å²) in [5.41, 5.74) is 1.83. The van der Waals surface area contributed by atoms with E-state index in [2.05, 4.69) is 0 Å². The fraction of sp³-hybridized carbons (Fsp3) is 0.227. The second-order valence-corrected chi connectivity index (χ2v) is 8.19. The van der Waals surface area contributed by atoms with Gasteiger partial charge in [-0.05, 0) is 35.8 Å². The van der Waals surface area contributed by atoms with Crippen LogP contribution in [0.2, 0.25) is 0 Å². The predicted octanol–water partition coefficient (Wildman–Crippen LogP) is 4.34. The maximum Gasteiger partial charge on any atom is 0.303 e. The molecule has 0 radical (unpaired) electrons. The van der Waals surface area contributed by atoms with Crippen molar-refractivity contribution in [2.24, 2.45) is 0 Å². The molecule has 1 aliphatic heterocycles. The summed E-state index contributed by atoms with van der Waals surface area (Å²) in [7, 11) is 1.57. The van der Waals surface area contributed by atoms with E-state index in [0.717, 1.165) is 11.1 Å². The Hall–Kier alpha value is -2.84. The number of carbonyl (C=O) groups excluding carboxylic acids is 1. The van der Waals surface area contributed by atoms with Crippen LogP contribution in [0, 0.1) is 0 Å². The number of benzene rings is 2. The Labute approximate surface area is 184 Å². The summed E-state index contributed by atoms with van der Waals surface area (Å²) in [6.07, 6.45) is 2.11. The topological polar surface area (TPSA) is 76.1 Å². The number of carboxylic acid groups (broad SMARTS) is 1. The molecule has 0 saturated carbocycles. The van der Waals surface area contributed by atoms with Gasteiger partial charge in [-0.15, -0.1) is 0 Å². The van der Waals surface area contributed by atoms with Gasteiger partial charge in [0, 0.05) is 13.0 Å². The molecule has 1 heterocycles. The Morgan fingerprint density at radius 1 is 1.20 bits per heavy atom. The summed E-state index contributed by atoms with van der Waals surface area (Å²) in [6.45, 7) is 0.718. The lowest BCUT2D eigenvalue weighted by Gasteiger charge is -2.13. The van der Waals surface area contributed by atoms with Crippen molar-refractivity contribution in [3.05, 3.63) is 64.6 Å². The lowest BCUT2D eigenvalue weighted by atomic mass is 10.1. The summed E-state index contributed by atoms with van der Waals surface area (Å²) in [6, 6.07) is 15.3. The molecule has 3 rings (SSSR count). The summed E-state index contributed by atoms with van der Waals surface area (Å²) < 4.78 is 11.7.